The fourth-order valence-electron chi connectivity index (χ4n) is 2.88. The quantitative estimate of drug-likeness (QED) is 0.509. The van der Waals surface area contributed by atoms with E-state index in [4.69, 9.17) is 0 Å². The molecule has 0 amide bonds. The van der Waals surface area contributed by atoms with Gasteiger partial charge in [0, 0.05) is 29.7 Å². The lowest BCUT2D eigenvalue weighted by atomic mass is 10.1. The van der Waals surface area contributed by atoms with Crippen LogP contribution in [-0.2, 0) is 16.4 Å². The molecule has 2 aromatic carbocycles. The summed E-state index contributed by atoms with van der Waals surface area (Å²) in [6.07, 6.45) is 2.00. The number of benzene rings is 2. The standard InChI is InChI=1S/C17H16FN3O4S/c1-11-3-2-4-16(21(22)23)17(11)26(24,25)20-8-7-12-10-19-15-6-5-13(18)9-14(12)15/h2-6,9-10,19-20H,7-8H2,1H3. The van der Waals surface area contributed by atoms with Crippen LogP contribution in [0.15, 0.2) is 47.5 Å². The number of nitro groups is 1. The van der Waals surface area contributed by atoms with Gasteiger partial charge in [0.2, 0.25) is 10.0 Å². The van der Waals surface area contributed by atoms with Crippen molar-refractivity contribution >= 4 is 26.6 Å². The highest BCUT2D eigenvalue weighted by Crippen LogP contribution is 2.27. The van der Waals surface area contributed by atoms with Gasteiger partial charge in [-0.15, -0.1) is 0 Å². The van der Waals surface area contributed by atoms with Crippen LogP contribution in [0.2, 0.25) is 0 Å². The average molecular weight is 377 g/mol. The van der Waals surface area contributed by atoms with Crippen molar-refractivity contribution < 1.29 is 17.7 Å². The van der Waals surface area contributed by atoms with E-state index in [0.29, 0.717) is 17.4 Å². The van der Waals surface area contributed by atoms with E-state index in [1.807, 2.05) is 0 Å². The molecule has 0 unspecified atom stereocenters. The number of nitro benzene ring substituents is 1. The van der Waals surface area contributed by atoms with Gasteiger partial charge in [-0.2, -0.15) is 0 Å². The number of nitrogens with one attached hydrogen (secondary N) is 2. The van der Waals surface area contributed by atoms with Crippen molar-refractivity contribution in [1.82, 2.24) is 9.71 Å². The Morgan fingerprint density at radius 1 is 1.27 bits per heavy atom. The third-order valence-corrected chi connectivity index (χ3v) is 5.73. The Morgan fingerprint density at radius 3 is 2.77 bits per heavy atom. The van der Waals surface area contributed by atoms with Crippen LogP contribution < -0.4 is 4.72 Å². The first-order valence-corrected chi connectivity index (χ1v) is 9.27. The molecule has 3 aromatic rings. The minimum absolute atomic E-state index is 0.0251. The molecule has 0 aliphatic heterocycles. The molecule has 1 aromatic heterocycles. The number of nitrogens with zero attached hydrogens (tertiary/aromatic N) is 1. The molecule has 0 saturated heterocycles. The van der Waals surface area contributed by atoms with Crippen LogP contribution in [0.25, 0.3) is 10.9 Å². The molecule has 7 nitrogen and oxygen atoms in total. The van der Waals surface area contributed by atoms with E-state index < -0.39 is 20.6 Å². The molecular weight excluding hydrogens is 361 g/mol. The van der Waals surface area contributed by atoms with Crippen LogP contribution in [0, 0.1) is 22.9 Å². The summed E-state index contributed by atoms with van der Waals surface area (Å²) >= 11 is 0. The van der Waals surface area contributed by atoms with Crippen molar-refractivity contribution in [2.24, 2.45) is 0 Å². The number of aryl methyl sites for hydroxylation is 1. The van der Waals surface area contributed by atoms with E-state index in [1.54, 1.807) is 12.3 Å². The highest BCUT2D eigenvalue weighted by molar-refractivity contribution is 7.89. The topological polar surface area (TPSA) is 105 Å². The summed E-state index contributed by atoms with van der Waals surface area (Å²) in [5, 5.41) is 11.8. The van der Waals surface area contributed by atoms with Crippen molar-refractivity contribution in [1.29, 1.82) is 0 Å². The van der Waals surface area contributed by atoms with Crippen molar-refractivity contribution in [3.63, 3.8) is 0 Å². The second-order valence-corrected chi connectivity index (χ2v) is 7.54. The largest absolute Gasteiger partial charge is 0.361 e. The summed E-state index contributed by atoms with van der Waals surface area (Å²) in [7, 11) is -4.06. The molecule has 26 heavy (non-hydrogen) atoms. The molecule has 0 fully saturated rings. The number of sulfonamides is 1. The molecule has 0 radical (unpaired) electrons. The molecule has 2 N–H and O–H groups in total. The summed E-state index contributed by atoms with van der Waals surface area (Å²) in [5.41, 5.74) is 1.33. The first kappa shape index (κ1) is 18.0. The zero-order valence-electron chi connectivity index (χ0n) is 13.8. The second kappa shape index (κ2) is 6.85. The van der Waals surface area contributed by atoms with Crippen LogP contribution in [0.1, 0.15) is 11.1 Å². The average Bonchev–Trinajstić information content (AvgIpc) is 2.96. The highest BCUT2D eigenvalue weighted by atomic mass is 32.2. The Hall–Kier alpha value is -2.78. The van der Waals surface area contributed by atoms with Crippen LogP contribution in [-0.4, -0.2) is 24.9 Å². The molecule has 136 valence electrons. The number of hydrogen-bond donors (Lipinski definition) is 2. The Labute approximate surface area is 149 Å². The van der Waals surface area contributed by atoms with Crippen LogP contribution in [0.4, 0.5) is 10.1 Å². The minimum Gasteiger partial charge on any atom is -0.361 e. The molecule has 3 rings (SSSR count). The van der Waals surface area contributed by atoms with Gasteiger partial charge < -0.3 is 4.98 Å². The van der Waals surface area contributed by atoms with Gasteiger partial charge in [-0.1, -0.05) is 12.1 Å². The predicted octanol–water partition coefficient (Wildman–Crippen LogP) is 3.04. The Morgan fingerprint density at radius 2 is 2.04 bits per heavy atom. The summed E-state index contributed by atoms with van der Waals surface area (Å²) in [6, 6.07) is 8.42. The van der Waals surface area contributed by atoms with Gasteiger partial charge in [-0.05, 0) is 42.7 Å². The lowest BCUT2D eigenvalue weighted by Gasteiger charge is -2.09. The molecular formula is C17H16FN3O4S. The fraction of sp³-hybridized carbons (Fsp3) is 0.176. The molecule has 0 spiro atoms. The van der Waals surface area contributed by atoms with E-state index in [-0.39, 0.29) is 17.3 Å². The van der Waals surface area contributed by atoms with Gasteiger partial charge in [0.1, 0.15) is 5.82 Å². The summed E-state index contributed by atoms with van der Waals surface area (Å²) in [6.45, 7) is 1.53. The fourth-order valence-corrected chi connectivity index (χ4v) is 4.31. The van der Waals surface area contributed by atoms with Crippen LogP contribution in [0.3, 0.4) is 0 Å². The molecule has 0 atom stereocenters. The van der Waals surface area contributed by atoms with Crippen molar-refractivity contribution in [3.05, 3.63) is 69.7 Å². The number of aromatic nitrogens is 1. The van der Waals surface area contributed by atoms with E-state index in [1.165, 1.54) is 31.2 Å². The van der Waals surface area contributed by atoms with Crippen molar-refractivity contribution in [2.45, 2.75) is 18.2 Å². The first-order chi connectivity index (χ1) is 12.3. The number of hydrogen-bond acceptors (Lipinski definition) is 4. The normalized spacial score (nSPS) is 11.8. The molecule has 0 bridgehead atoms. The van der Waals surface area contributed by atoms with E-state index in [2.05, 4.69) is 9.71 Å². The number of aromatic amines is 1. The van der Waals surface area contributed by atoms with Crippen LogP contribution in [0.5, 0.6) is 0 Å². The van der Waals surface area contributed by atoms with Gasteiger partial charge in [-0.25, -0.2) is 17.5 Å². The maximum Gasteiger partial charge on any atom is 0.289 e. The minimum atomic E-state index is -4.06. The lowest BCUT2D eigenvalue weighted by molar-refractivity contribution is -0.387. The van der Waals surface area contributed by atoms with Gasteiger partial charge in [0.15, 0.2) is 4.90 Å². The molecule has 0 aliphatic rings. The Bertz CT molecular complexity index is 1090. The maximum absolute atomic E-state index is 13.4. The first-order valence-electron chi connectivity index (χ1n) is 7.79. The predicted molar refractivity (Wildman–Crippen MR) is 95.0 cm³/mol. The highest BCUT2D eigenvalue weighted by Gasteiger charge is 2.27. The van der Waals surface area contributed by atoms with Gasteiger partial charge >= 0.3 is 0 Å². The molecule has 1 heterocycles. The number of rotatable bonds is 6. The van der Waals surface area contributed by atoms with Crippen molar-refractivity contribution in [3.8, 4) is 0 Å². The summed E-state index contributed by atoms with van der Waals surface area (Å²) in [4.78, 5) is 13.1. The smallest absolute Gasteiger partial charge is 0.289 e. The summed E-state index contributed by atoms with van der Waals surface area (Å²) < 4.78 is 40.9. The zero-order valence-corrected chi connectivity index (χ0v) is 14.6. The SMILES string of the molecule is Cc1cccc([N+](=O)[O-])c1S(=O)(=O)NCCc1c[nH]c2ccc(F)cc12. The zero-order chi connectivity index (χ0) is 18.9. The monoisotopic (exact) mass is 377 g/mol. The number of H-pyrrole nitrogens is 1. The Kier molecular flexibility index (Phi) is 4.75. The number of halogens is 1. The lowest BCUT2D eigenvalue weighted by Crippen LogP contribution is -2.27. The molecule has 9 heteroatoms. The van der Waals surface area contributed by atoms with Crippen LogP contribution >= 0.6 is 0 Å². The second-order valence-electron chi connectivity index (χ2n) is 5.83. The van der Waals surface area contributed by atoms with E-state index >= 15 is 0 Å². The molecule has 0 aliphatic carbocycles. The van der Waals surface area contributed by atoms with Gasteiger partial charge in [-0.3, -0.25) is 10.1 Å². The van der Waals surface area contributed by atoms with Crippen molar-refractivity contribution in [2.75, 3.05) is 6.54 Å². The maximum atomic E-state index is 13.4. The summed E-state index contributed by atoms with van der Waals surface area (Å²) in [5.74, 6) is -0.380. The van der Waals surface area contributed by atoms with Gasteiger partial charge in [0.05, 0.1) is 4.92 Å². The van der Waals surface area contributed by atoms with E-state index in [9.17, 15) is 22.9 Å². The third kappa shape index (κ3) is 3.44. The molecule has 0 saturated carbocycles. The van der Waals surface area contributed by atoms with E-state index in [0.717, 1.165) is 17.1 Å². The van der Waals surface area contributed by atoms with Gasteiger partial charge in [0.25, 0.3) is 5.69 Å². The third-order valence-electron chi connectivity index (χ3n) is 4.07. The number of fused-ring (bicyclic) bond motifs is 1. The Balaban J connectivity index is 1.81.